The van der Waals surface area contributed by atoms with E-state index in [4.69, 9.17) is 0 Å². The van der Waals surface area contributed by atoms with E-state index in [1.165, 1.54) is 0 Å². The van der Waals surface area contributed by atoms with Crippen molar-refractivity contribution in [1.29, 1.82) is 0 Å². The van der Waals surface area contributed by atoms with Crippen molar-refractivity contribution in [2.75, 3.05) is 17.2 Å². The van der Waals surface area contributed by atoms with E-state index < -0.39 is 11.7 Å². The Morgan fingerprint density at radius 3 is 2.43 bits per heavy atom. The lowest BCUT2D eigenvalue weighted by Crippen LogP contribution is -2.11. The Balaban J connectivity index is 2.19. The third-order valence-electron chi connectivity index (χ3n) is 2.71. The number of hydrogen-bond acceptors (Lipinski definition) is 4. The maximum Gasteiger partial charge on any atom is 0.416 e. The van der Waals surface area contributed by atoms with Crippen molar-refractivity contribution >= 4 is 11.6 Å². The van der Waals surface area contributed by atoms with Crippen LogP contribution in [0.1, 0.15) is 18.1 Å². The normalized spacial score (nSPS) is 11.2. The fourth-order valence-corrected chi connectivity index (χ4v) is 1.75. The van der Waals surface area contributed by atoms with Crippen LogP contribution in [0.3, 0.4) is 0 Å². The highest BCUT2D eigenvalue weighted by Crippen LogP contribution is 2.32. The van der Waals surface area contributed by atoms with E-state index in [-0.39, 0.29) is 11.6 Å². The maximum atomic E-state index is 12.9. The van der Waals surface area contributed by atoms with Crippen molar-refractivity contribution in [1.82, 2.24) is 9.97 Å². The summed E-state index contributed by atoms with van der Waals surface area (Å²) in [6.45, 7) is 2.65. The van der Waals surface area contributed by atoms with Gasteiger partial charge in [0.15, 0.2) is 0 Å². The molecule has 7 heteroatoms. The standard InChI is InChI=1S/C14H15F3N4/c1-2-19-12-6-11(14(15,16)17)7-13(21-12)20-9-10-4-3-5-18-8-10/h3-8H,2,9H2,1H3,(H2,19,20,21). The van der Waals surface area contributed by atoms with Crippen LogP contribution in [0.15, 0.2) is 36.7 Å². The number of aromatic nitrogens is 2. The van der Waals surface area contributed by atoms with E-state index >= 15 is 0 Å². The highest BCUT2D eigenvalue weighted by molar-refractivity contribution is 5.50. The predicted octanol–water partition coefficient (Wildman–Crippen LogP) is 3.54. The molecule has 2 rings (SSSR count). The molecule has 0 bridgehead atoms. The van der Waals surface area contributed by atoms with Crippen molar-refractivity contribution in [3.8, 4) is 0 Å². The van der Waals surface area contributed by atoms with Gasteiger partial charge in [-0.2, -0.15) is 13.2 Å². The molecule has 4 nitrogen and oxygen atoms in total. The van der Waals surface area contributed by atoms with Crippen LogP contribution in [0, 0.1) is 0 Å². The second-order valence-electron chi connectivity index (χ2n) is 4.37. The summed E-state index contributed by atoms with van der Waals surface area (Å²) >= 11 is 0. The quantitative estimate of drug-likeness (QED) is 0.886. The minimum absolute atomic E-state index is 0.171. The molecule has 2 aromatic rings. The third kappa shape index (κ3) is 4.34. The zero-order chi connectivity index (χ0) is 15.3. The largest absolute Gasteiger partial charge is 0.416 e. The van der Waals surface area contributed by atoms with Crippen LogP contribution in [-0.2, 0) is 12.7 Å². The van der Waals surface area contributed by atoms with Gasteiger partial charge >= 0.3 is 6.18 Å². The molecule has 0 aliphatic carbocycles. The minimum atomic E-state index is -4.40. The molecule has 0 aliphatic heterocycles. The molecular formula is C14H15F3N4. The molecule has 0 aliphatic rings. The Bertz CT molecular complexity index is 585. The third-order valence-corrected chi connectivity index (χ3v) is 2.71. The van der Waals surface area contributed by atoms with Gasteiger partial charge in [0.25, 0.3) is 0 Å². The minimum Gasteiger partial charge on any atom is -0.370 e. The Morgan fingerprint density at radius 1 is 1.14 bits per heavy atom. The molecule has 0 amide bonds. The van der Waals surface area contributed by atoms with Gasteiger partial charge in [-0.05, 0) is 30.7 Å². The van der Waals surface area contributed by atoms with Crippen LogP contribution in [0.25, 0.3) is 0 Å². The number of anilines is 2. The first-order valence-electron chi connectivity index (χ1n) is 6.45. The predicted molar refractivity (Wildman–Crippen MR) is 75.0 cm³/mol. The maximum absolute atomic E-state index is 12.9. The second-order valence-corrected chi connectivity index (χ2v) is 4.37. The zero-order valence-corrected chi connectivity index (χ0v) is 11.4. The Hall–Kier alpha value is -2.31. The van der Waals surface area contributed by atoms with Crippen LogP contribution in [0.4, 0.5) is 24.8 Å². The van der Waals surface area contributed by atoms with Crippen molar-refractivity contribution in [3.63, 3.8) is 0 Å². The smallest absolute Gasteiger partial charge is 0.370 e. The van der Waals surface area contributed by atoms with Gasteiger partial charge in [0.1, 0.15) is 11.6 Å². The van der Waals surface area contributed by atoms with Crippen molar-refractivity contribution < 1.29 is 13.2 Å². The number of nitrogens with one attached hydrogen (secondary N) is 2. The fraction of sp³-hybridized carbons (Fsp3) is 0.286. The monoisotopic (exact) mass is 296 g/mol. The number of rotatable bonds is 5. The molecule has 0 saturated heterocycles. The number of hydrogen-bond donors (Lipinski definition) is 2. The molecule has 0 unspecified atom stereocenters. The Morgan fingerprint density at radius 2 is 1.86 bits per heavy atom. The van der Waals surface area contributed by atoms with E-state index in [2.05, 4.69) is 20.6 Å². The van der Waals surface area contributed by atoms with Crippen LogP contribution >= 0.6 is 0 Å². The topological polar surface area (TPSA) is 49.8 Å². The van der Waals surface area contributed by atoms with E-state index in [0.29, 0.717) is 13.1 Å². The molecular weight excluding hydrogens is 281 g/mol. The van der Waals surface area contributed by atoms with Crippen LogP contribution in [0.2, 0.25) is 0 Å². The molecule has 0 atom stereocenters. The Kier molecular flexibility index (Phi) is 4.62. The molecule has 2 N–H and O–H groups in total. The average molecular weight is 296 g/mol. The molecule has 0 aromatic carbocycles. The van der Waals surface area contributed by atoms with E-state index in [1.807, 2.05) is 6.07 Å². The SMILES string of the molecule is CCNc1cc(C(F)(F)F)cc(NCc2cccnc2)n1. The highest BCUT2D eigenvalue weighted by Gasteiger charge is 2.31. The molecule has 0 spiro atoms. The van der Waals surface area contributed by atoms with Crippen molar-refractivity contribution in [2.45, 2.75) is 19.6 Å². The van der Waals surface area contributed by atoms with E-state index in [1.54, 1.807) is 25.4 Å². The van der Waals surface area contributed by atoms with Crippen LogP contribution < -0.4 is 10.6 Å². The van der Waals surface area contributed by atoms with Gasteiger partial charge in [0.05, 0.1) is 5.56 Å². The lowest BCUT2D eigenvalue weighted by Gasteiger charge is -2.13. The summed E-state index contributed by atoms with van der Waals surface area (Å²) in [7, 11) is 0. The van der Waals surface area contributed by atoms with Gasteiger partial charge in [-0.1, -0.05) is 6.07 Å². The summed E-state index contributed by atoms with van der Waals surface area (Å²) in [6.07, 6.45) is -1.13. The van der Waals surface area contributed by atoms with Crippen molar-refractivity contribution in [3.05, 3.63) is 47.8 Å². The van der Waals surface area contributed by atoms with Crippen molar-refractivity contribution in [2.24, 2.45) is 0 Å². The Labute approximate surface area is 120 Å². The molecule has 112 valence electrons. The summed E-state index contributed by atoms with van der Waals surface area (Å²) in [5.41, 5.74) is 0.129. The van der Waals surface area contributed by atoms with Gasteiger partial charge in [-0.3, -0.25) is 4.98 Å². The van der Waals surface area contributed by atoms with Gasteiger partial charge in [0.2, 0.25) is 0 Å². The number of pyridine rings is 2. The first-order valence-corrected chi connectivity index (χ1v) is 6.45. The zero-order valence-electron chi connectivity index (χ0n) is 11.4. The van der Waals surface area contributed by atoms with Gasteiger partial charge in [-0.25, -0.2) is 4.98 Å². The summed E-state index contributed by atoms with van der Waals surface area (Å²) in [6, 6.07) is 5.59. The number of alkyl halides is 3. The first kappa shape index (κ1) is 15.1. The average Bonchev–Trinajstić information content (AvgIpc) is 2.45. The van der Waals surface area contributed by atoms with Gasteiger partial charge < -0.3 is 10.6 Å². The van der Waals surface area contributed by atoms with Crippen LogP contribution in [0.5, 0.6) is 0 Å². The molecule has 0 saturated carbocycles. The van der Waals surface area contributed by atoms with Gasteiger partial charge in [0, 0.05) is 25.5 Å². The second kappa shape index (κ2) is 6.43. The summed E-state index contributed by atoms with van der Waals surface area (Å²) in [4.78, 5) is 8.06. The summed E-state index contributed by atoms with van der Waals surface area (Å²) < 4.78 is 38.6. The van der Waals surface area contributed by atoms with E-state index in [9.17, 15) is 13.2 Å². The number of nitrogens with zero attached hydrogens (tertiary/aromatic N) is 2. The summed E-state index contributed by atoms with van der Waals surface area (Å²) in [5, 5.41) is 5.68. The molecule has 0 fully saturated rings. The molecule has 2 aromatic heterocycles. The van der Waals surface area contributed by atoms with Gasteiger partial charge in [-0.15, -0.1) is 0 Å². The molecule has 0 radical (unpaired) electrons. The van der Waals surface area contributed by atoms with E-state index in [0.717, 1.165) is 17.7 Å². The summed E-state index contributed by atoms with van der Waals surface area (Å²) in [5.74, 6) is 0.366. The number of halogens is 3. The highest BCUT2D eigenvalue weighted by atomic mass is 19.4. The molecule has 21 heavy (non-hydrogen) atoms. The fourth-order valence-electron chi connectivity index (χ4n) is 1.75. The first-order chi connectivity index (χ1) is 9.99. The lowest BCUT2D eigenvalue weighted by molar-refractivity contribution is -0.137. The lowest BCUT2D eigenvalue weighted by atomic mass is 10.2. The van der Waals surface area contributed by atoms with Crippen LogP contribution in [-0.4, -0.2) is 16.5 Å². The molecule has 2 heterocycles.